The van der Waals surface area contributed by atoms with E-state index in [0.29, 0.717) is 19.4 Å². The highest BCUT2D eigenvalue weighted by Gasteiger charge is 2.40. The highest BCUT2D eigenvalue weighted by Crippen LogP contribution is 2.42. The molecule has 1 aliphatic heterocycles. The quantitative estimate of drug-likeness (QED) is 0.590. The second-order valence-electron chi connectivity index (χ2n) is 8.43. The van der Waals surface area contributed by atoms with Crippen molar-refractivity contribution in [3.8, 4) is 0 Å². The number of rotatable bonds is 6. The van der Waals surface area contributed by atoms with Crippen molar-refractivity contribution < 1.29 is 26.8 Å². The summed E-state index contributed by atoms with van der Waals surface area (Å²) < 4.78 is 51.7. The van der Waals surface area contributed by atoms with Crippen molar-refractivity contribution >= 4 is 33.3 Å². The Kier molecular flexibility index (Phi) is 7.62. The van der Waals surface area contributed by atoms with Gasteiger partial charge in [0.2, 0.25) is 5.91 Å². The van der Waals surface area contributed by atoms with Crippen LogP contribution in [0.1, 0.15) is 55.1 Å². The zero-order chi connectivity index (χ0) is 23.9. The third kappa shape index (κ3) is 5.38. The van der Waals surface area contributed by atoms with Gasteiger partial charge in [0, 0.05) is 24.6 Å². The summed E-state index contributed by atoms with van der Waals surface area (Å²) in [4.78, 5) is 31.3. The lowest BCUT2D eigenvalue weighted by Crippen LogP contribution is -2.47. The molecule has 1 aliphatic carbocycles. The molecule has 1 aromatic heterocycles. The molecule has 0 spiro atoms. The van der Waals surface area contributed by atoms with Crippen molar-refractivity contribution in [2.24, 2.45) is 5.92 Å². The van der Waals surface area contributed by atoms with Crippen LogP contribution in [-0.2, 0) is 14.6 Å². The SMILES string of the molecule is C.CS(=O)(=O)c1ccc(C(=O)N2CCC[C@@H]2C(=O)N[C@@H](c2cc(F)c(Cl)cc2F)C2CC2)cn1. The molecule has 1 aromatic carbocycles. The number of carbonyl (C=O) groups excluding carboxylic acids is 2. The fourth-order valence-corrected chi connectivity index (χ4v) is 4.79. The minimum atomic E-state index is -3.51. The average molecular weight is 514 g/mol. The molecule has 7 nitrogen and oxygen atoms in total. The van der Waals surface area contributed by atoms with Gasteiger partial charge in [-0.05, 0) is 55.9 Å². The predicted octanol–water partition coefficient (Wildman–Crippen LogP) is 3.92. The Morgan fingerprint density at radius 2 is 1.88 bits per heavy atom. The van der Waals surface area contributed by atoms with E-state index >= 15 is 0 Å². The van der Waals surface area contributed by atoms with Crippen LogP contribution in [0.25, 0.3) is 0 Å². The summed E-state index contributed by atoms with van der Waals surface area (Å²) in [5.74, 6) is -2.40. The average Bonchev–Trinajstić information content (AvgIpc) is 3.49. The Hall–Kier alpha value is -2.59. The number of benzene rings is 1. The number of nitrogens with zero attached hydrogens (tertiary/aromatic N) is 2. The van der Waals surface area contributed by atoms with Crippen LogP contribution in [0.4, 0.5) is 8.78 Å². The minimum absolute atomic E-state index is 0. The van der Waals surface area contributed by atoms with Crippen LogP contribution in [0.15, 0.2) is 35.5 Å². The van der Waals surface area contributed by atoms with Crippen LogP contribution in [-0.4, -0.2) is 49.0 Å². The van der Waals surface area contributed by atoms with E-state index in [9.17, 15) is 26.8 Å². The van der Waals surface area contributed by atoms with E-state index in [1.165, 1.54) is 23.2 Å². The lowest BCUT2D eigenvalue weighted by molar-refractivity contribution is -0.125. The molecule has 0 radical (unpaired) electrons. The molecule has 2 heterocycles. The summed E-state index contributed by atoms with van der Waals surface area (Å²) in [6.07, 6.45) is 4.73. The van der Waals surface area contributed by atoms with Crippen LogP contribution >= 0.6 is 11.6 Å². The molecule has 1 saturated heterocycles. The van der Waals surface area contributed by atoms with Gasteiger partial charge in [-0.3, -0.25) is 9.59 Å². The van der Waals surface area contributed by atoms with Gasteiger partial charge in [0.05, 0.1) is 16.6 Å². The zero-order valence-corrected chi connectivity index (χ0v) is 19.3. The molecule has 1 N–H and O–H groups in total. The number of hydrogen-bond donors (Lipinski definition) is 1. The molecular weight excluding hydrogens is 488 g/mol. The molecule has 2 amide bonds. The van der Waals surface area contributed by atoms with Gasteiger partial charge in [-0.25, -0.2) is 22.2 Å². The number of nitrogens with one attached hydrogen (secondary N) is 1. The molecule has 34 heavy (non-hydrogen) atoms. The Morgan fingerprint density at radius 1 is 1.18 bits per heavy atom. The van der Waals surface area contributed by atoms with Crippen molar-refractivity contribution in [2.75, 3.05) is 12.8 Å². The van der Waals surface area contributed by atoms with Crippen LogP contribution in [0.3, 0.4) is 0 Å². The summed E-state index contributed by atoms with van der Waals surface area (Å²) in [6, 6.07) is 3.00. The zero-order valence-electron chi connectivity index (χ0n) is 17.7. The number of amides is 2. The molecule has 2 aliphatic rings. The highest BCUT2D eigenvalue weighted by molar-refractivity contribution is 7.90. The monoisotopic (exact) mass is 513 g/mol. The number of halogens is 3. The predicted molar refractivity (Wildman–Crippen MR) is 123 cm³/mol. The number of carbonyl (C=O) groups is 2. The summed E-state index contributed by atoms with van der Waals surface area (Å²) in [5.41, 5.74) is 0.191. The summed E-state index contributed by atoms with van der Waals surface area (Å²) in [5, 5.41) is 2.33. The van der Waals surface area contributed by atoms with Gasteiger partial charge >= 0.3 is 0 Å². The maximum atomic E-state index is 14.5. The van der Waals surface area contributed by atoms with E-state index in [2.05, 4.69) is 10.3 Å². The minimum Gasteiger partial charge on any atom is -0.347 e. The fourth-order valence-electron chi connectivity index (χ4n) is 4.08. The van der Waals surface area contributed by atoms with Crippen molar-refractivity contribution in [3.05, 3.63) is 58.2 Å². The van der Waals surface area contributed by atoms with Gasteiger partial charge in [0.25, 0.3) is 5.91 Å². The first-order valence-electron chi connectivity index (χ1n) is 10.5. The number of likely N-dealkylation sites (tertiary alicyclic amines) is 1. The third-order valence-electron chi connectivity index (χ3n) is 5.95. The Bertz CT molecular complexity index is 1200. The van der Waals surface area contributed by atoms with Gasteiger partial charge in [0.1, 0.15) is 17.7 Å². The van der Waals surface area contributed by atoms with Gasteiger partial charge < -0.3 is 10.2 Å². The second-order valence-corrected chi connectivity index (χ2v) is 10.8. The molecule has 11 heteroatoms. The molecule has 2 atom stereocenters. The Labute approximate surface area is 202 Å². The molecule has 0 bridgehead atoms. The lowest BCUT2D eigenvalue weighted by atomic mass is 10.0. The third-order valence-corrected chi connectivity index (χ3v) is 7.24. The van der Waals surface area contributed by atoms with Crippen LogP contribution < -0.4 is 5.32 Å². The first-order valence-corrected chi connectivity index (χ1v) is 12.7. The number of pyridine rings is 1. The maximum absolute atomic E-state index is 14.5. The van der Waals surface area contributed by atoms with Crippen molar-refractivity contribution in [1.29, 1.82) is 0 Å². The van der Waals surface area contributed by atoms with E-state index in [0.717, 1.165) is 31.2 Å². The number of sulfone groups is 1. The van der Waals surface area contributed by atoms with E-state index in [4.69, 9.17) is 11.6 Å². The van der Waals surface area contributed by atoms with Gasteiger partial charge in [-0.1, -0.05) is 19.0 Å². The molecule has 2 fully saturated rings. The molecule has 1 saturated carbocycles. The van der Waals surface area contributed by atoms with Gasteiger partial charge in [0.15, 0.2) is 14.9 Å². The van der Waals surface area contributed by atoms with E-state index < -0.39 is 45.4 Å². The van der Waals surface area contributed by atoms with Crippen LogP contribution in [0.5, 0.6) is 0 Å². The molecule has 2 aromatic rings. The lowest BCUT2D eigenvalue weighted by Gasteiger charge is -2.27. The summed E-state index contributed by atoms with van der Waals surface area (Å²) in [6.45, 7) is 0.336. The maximum Gasteiger partial charge on any atom is 0.256 e. The van der Waals surface area contributed by atoms with Crippen molar-refractivity contribution in [2.45, 2.75) is 50.2 Å². The van der Waals surface area contributed by atoms with Crippen molar-refractivity contribution in [3.63, 3.8) is 0 Å². The number of hydrogen-bond acceptors (Lipinski definition) is 5. The van der Waals surface area contributed by atoms with Gasteiger partial charge in [-0.15, -0.1) is 0 Å². The topological polar surface area (TPSA) is 96.4 Å². The van der Waals surface area contributed by atoms with E-state index in [1.54, 1.807) is 0 Å². The van der Waals surface area contributed by atoms with Crippen molar-refractivity contribution in [1.82, 2.24) is 15.2 Å². The normalized spacial score (nSPS) is 18.8. The molecular formula is C23H26ClF2N3O4S. The summed E-state index contributed by atoms with van der Waals surface area (Å²) in [7, 11) is -3.51. The fraction of sp³-hybridized carbons (Fsp3) is 0.435. The largest absolute Gasteiger partial charge is 0.347 e. The van der Waals surface area contributed by atoms with Crippen LogP contribution in [0, 0.1) is 17.6 Å². The van der Waals surface area contributed by atoms with E-state index in [-0.39, 0.29) is 34.5 Å². The number of aromatic nitrogens is 1. The first kappa shape index (κ1) is 26.0. The van der Waals surface area contributed by atoms with Crippen LogP contribution in [0.2, 0.25) is 5.02 Å². The highest BCUT2D eigenvalue weighted by atomic mass is 35.5. The smallest absolute Gasteiger partial charge is 0.256 e. The van der Waals surface area contributed by atoms with Gasteiger partial charge in [-0.2, -0.15) is 0 Å². The first-order chi connectivity index (χ1) is 15.6. The molecule has 0 unspecified atom stereocenters. The van der Waals surface area contributed by atoms with E-state index in [1.807, 2.05) is 0 Å². The standard InChI is InChI=1S/C22H22ClF2N3O4S.CH4/c1-33(31,32)19-7-6-13(11-26-19)22(30)28-8-2-3-18(28)21(29)27-20(12-4-5-12)14-9-17(25)15(23)10-16(14)24;/h6-7,9-12,18,20H,2-5,8H2,1H3,(H,27,29);1H4/t18-,20-;/m1./s1. The Morgan fingerprint density at radius 3 is 2.47 bits per heavy atom. The molecule has 4 rings (SSSR count). The summed E-state index contributed by atoms with van der Waals surface area (Å²) >= 11 is 5.66. The second kappa shape index (κ2) is 9.95. The Balaban J connectivity index is 0.00000324. The molecule has 184 valence electrons.